The molecule has 0 aromatic rings. The summed E-state index contributed by atoms with van der Waals surface area (Å²) < 4.78 is 5.23. The summed E-state index contributed by atoms with van der Waals surface area (Å²) in [7, 11) is 0. The van der Waals surface area contributed by atoms with E-state index in [0.717, 1.165) is 13.2 Å². The van der Waals surface area contributed by atoms with Gasteiger partial charge >= 0.3 is 0 Å². The molecule has 0 bridgehead atoms. The third-order valence-electron chi connectivity index (χ3n) is 2.49. The zero-order chi connectivity index (χ0) is 9.36. The van der Waals surface area contributed by atoms with E-state index in [1.54, 1.807) is 0 Å². The van der Waals surface area contributed by atoms with Gasteiger partial charge < -0.3 is 14.7 Å². The molecule has 0 aromatic heterocycles. The van der Waals surface area contributed by atoms with Crippen LogP contribution < -0.4 is 0 Å². The number of aliphatic hydroxyl groups excluding tert-OH is 1. The average molecular weight is 187 g/mol. The van der Waals surface area contributed by atoms with Gasteiger partial charge in [0.2, 0.25) is 0 Å². The SMILES string of the molecule is OCCOCCN1CCCCCC1. The van der Waals surface area contributed by atoms with Crippen LogP contribution in [0.1, 0.15) is 25.7 Å². The molecule has 1 N–H and O–H groups in total. The maximum Gasteiger partial charge on any atom is 0.0698 e. The Kier molecular flexibility index (Phi) is 6.15. The highest BCUT2D eigenvalue weighted by Crippen LogP contribution is 2.08. The molecule has 1 rings (SSSR count). The van der Waals surface area contributed by atoms with E-state index >= 15 is 0 Å². The fraction of sp³-hybridized carbons (Fsp3) is 1.00. The Morgan fingerprint density at radius 1 is 1.00 bits per heavy atom. The van der Waals surface area contributed by atoms with Crippen LogP contribution >= 0.6 is 0 Å². The number of aliphatic hydroxyl groups is 1. The quantitative estimate of drug-likeness (QED) is 0.648. The maximum absolute atomic E-state index is 8.51. The van der Waals surface area contributed by atoms with Crippen molar-refractivity contribution < 1.29 is 9.84 Å². The van der Waals surface area contributed by atoms with Crippen molar-refractivity contribution in [2.24, 2.45) is 0 Å². The van der Waals surface area contributed by atoms with Crippen LogP contribution in [-0.2, 0) is 4.74 Å². The van der Waals surface area contributed by atoms with E-state index < -0.39 is 0 Å². The topological polar surface area (TPSA) is 32.7 Å². The highest BCUT2D eigenvalue weighted by Gasteiger charge is 2.07. The van der Waals surface area contributed by atoms with Gasteiger partial charge in [-0.3, -0.25) is 0 Å². The van der Waals surface area contributed by atoms with Gasteiger partial charge in [-0.15, -0.1) is 0 Å². The third kappa shape index (κ3) is 5.24. The molecule has 3 nitrogen and oxygen atoms in total. The highest BCUT2D eigenvalue weighted by molar-refractivity contribution is 4.62. The summed E-state index contributed by atoms with van der Waals surface area (Å²) in [5.74, 6) is 0. The molecule has 0 saturated carbocycles. The summed E-state index contributed by atoms with van der Waals surface area (Å²) >= 11 is 0. The number of hydrogen-bond acceptors (Lipinski definition) is 3. The number of likely N-dealkylation sites (tertiary alicyclic amines) is 1. The van der Waals surface area contributed by atoms with Crippen molar-refractivity contribution in [1.29, 1.82) is 0 Å². The van der Waals surface area contributed by atoms with Crippen LogP contribution in [0, 0.1) is 0 Å². The summed E-state index contributed by atoms with van der Waals surface area (Å²) in [5.41, 5.74) is 0. The molecule has 0 atom stereocenters. The molecule has 1 saturated heterocycles. The molecule has 0 spiro atoms. The van der Waals surface area contributed by atoms with Crippen molar-refractivity contribution in [2.75, 3.05) is 39.5 Å². The monoisotopic (exact) mass is 187 g/mol. The fourth-order valence-electron chi connectivity index (χ4n) is 1.72. The van der Waals surface area contributed by atoms with Gasteiger partial charge in [0.25, 0.3) is 0 Å². The summed E-state index contributed by atoms with van der Waals surface area (Å²) in [6.45, 7) is 4.86. The molecular weight excluding hydrogens is 166 g/mol. The first-order valence-corrected chi connectivity index (χ1v) is 5.34. The van der Waals surface area contributed by atoms with E-state index in [4.69, 9.17) is 9.84 Å². The van der Waals surface area contributed by atoms with Crippen LogP contribution in [-0.4, -0.2) is 49.5 Å². The molecule has 1 heterocycles. The van der Waals surface area contributed by atoms with Gasteiger partial charge in [0, 0.05) is 6.54 Å². The van der Waals surface area contributed by atoms with Crippen molar-refractivity contribution in [3.05, 3.63) is 0 Å². The summed E-state index contributed by atoms with van der Waals surface area (Å²) in [5, 5.41) is 8.51. The molecule has 1 aliphatic heterocycles. The average Bonchev–Trinajstić information content (AvgIpc) is 2.41. The third-order valence-corrected chi connectivity index (χ3v) is 2.49. The Bertz CT molecular complexity index is 111. The Hall–Kier alpha value is -0.120. The molecule has 0 aromatic carbocycles. The predicted octanol–water partition coefficient (Wildman–Crippen LogP) is 0.871. The standard InChI is InChI=1S/C10H21NO2/c12-8-10-13-9-7-11-5-3-1-2-4-6-11/h12H,1-10H2. The van der Waals surface area contributed by atoms with E-state index in [1.165, 1.54) is 38.8 Å². The molecule has 0 radical (unpaired) electrons. The van der Waals surface area contributed by atoms with Crippen molar-refractivity contribution in [1.82, 2.24) is 4.90 Å². The van der Waals surface area contributed by atoms with Crippen LogP contribution in [0.3, 0.4) is 0 Å². The molecule has 1 fully saturated rings. The Balaban J connectivity index is 1.98. The van der Waals surface area contributed by atoms with E-state index in [-0.39, 0.29) is 6.61 Å². The van der Waals surface area contributed by atoms with E-state index in [2.05, 4.69) is 4.90 Å². The second kappa shape index (κ2) is 7.30. The van der Waals surface area contributed by atoms with Crippen molar-refractivity contribution in [2.45, 2.75) is 25.7 Å². The summed E-state index contributed by atoms with van der Waals surface area (Å²) in [6, 6.07) is 0. The smallest absolute Gasteiger partial charge is 0.0698 e. The Morgan fingerprint density at radius 3 is 2.31 bits per heavy atom. The first kappa shape index (κ1) is 11.0. The minimum atomic E-state index is 0.139. The molecule has 78 valence electrons. The molecule has 1 aliphatic rings. The lowest BCUT2D eigenvalue weighted by Gasteiger charge is -2.19. The van der Waals surface area contributed by atoms with Crippen LogP contribution in [0.25, 0.3) is 0 Å². The zero-order valence-corrected chi connectivity index (χ0v) is 8.37. The normalized spacial score (nSPS) is 20.1. The number of rotatable bonds is 5. The highest BCUT2D eigenvalue weighted by atomic mass is 16.5. The molecular formula is C10H21NO2. The lowest BCUT2D eigenvalue weighted by Crippen LogP contribution is -2.28. The van der Waals surface area contributed by atoms with Crippen LogP contribution in [0.5, 0.6) is 0 Å². The predicted molar refractivity (Wildman–Crippen MR) is 52.8 cm³/mol. The largest absolute Gasteiger partial charge is 0.394 e. The zero-order valence-electron chi connectivity index (χ0n) is 8.37. The number of hydrogen-bond donors (Lipinski definition) is 1. The van der Waals surface area contributed by atoms with Gasteiger partial charge in [-0.25, -0.2) is 0 Å². The van der Waals surface area contributed by atoms with Gasteiger partial charge in [-0.05, 0) is 25.9 Å². The van der Waals surface area contributed by atoms with E-state index in [0.29, 0.717) is 6.61 Å². The molecule has 0 aliphatic carbocycles. The lowest BCUT2D eigenvalue weighted by molar-refractivity contribution is 0.0743. The second-order valence-corrected chi connectivity index (χ2v) is 3.59. The van der Waals surface area contributed by atoms with E-state index in [9.17, 15) is 0 Å². The number of ether oxygens (including phenoxy) is 1. The van der Waals surface area contributed by atoms with Gasteiger partial charge in [0.05, 0.1) is 19.8 Å². The minimum absolute atomic E-state index is 0.139. The van der Waals surface area contributed by atoms with Crippen LogP contribution in [0.4, 0.5) is 0 Å². The molecule has 13 heavy (non-hydrogen) atoms. The Labute approximate surface area is 80.7 Å². The molecule has 0 amide bonds. The van der Waals surface area contributed by atoms with Gasteiger partial charge in [0.1, 0.15) is 0 Å². The van der Waals surface area contributed by atoms with E-state index in [1.807, 2.05) is 0 Å². The van der Waals surface area contributed by atoms with Gasteiger partial charge in [0.15, 0.2) is 0 Å². The summed E-state index contributed by atoms with van der Waals surface area (Å²) in [4.78, 5) is 2.46. The lowest BCUT2D eigenvalue weighted by atomic mass is 10.2. The van der Waals surface area contributed by atoms with Crippen LogP contribution in [0.15, 0.2) is 0 Å². The number of nitrogens with zero attached hydrogens (tertiary/aromatic N) is 1. The first-order valence-electron chi connectivity index (χ1n) is 5.34. The summed E-state index contributed by atoms with van der Waals surface area (Å²) in [6.07, 6.45) is 5.43. The van der Waals surface area contributed by atoms with Crippen molar-refractivity contribution >= 4 is 0 Å². The van der Waals surface area contributed by atoms with Crippen molar-refractivity contribution in [3.8, 4) is 0 Å². The minimum Gasteiger partial charge on any atom is -0.394 e. The first-order chi connectivity index (χ1) is 6.43. The fourth-order valence-corrected chi connectivity index (χ4v) is 1.72. The molecule has 0 unspecified atom stereocenters. The van der Waals surface area contributed by atoms with Gasteiger partial charge in [-0.2, -0.15) is 0 Å². The van der Waals surface area contributed by atoms with Gasteiger partial charge in [-0.1, -0.05) is 12.8 Å². The molecule has 3 heteroatoms. The maximum atomic E-state index is 8.51. The Morgan fingerprint density at radius 2 is 1.69 bits per heavy atom. The van der Waals surface area contributed by atoms with Crippen molar-refractivity contribution in [3.63, 3.8) is 0 Å². The van der Waals surface area contributed by atoms with Crippen LogP contribution in [0.2, 0.25) is 0 Å². The second-order valence-electron chi connectivity index (χ2n) is 3.59.